The second-order valence-electron chi connectivity index (χ2n) is 3.49. The number of phenols is 2. The summed E-state index contributed by atoms with van der Waals surface area (Å²) in [4.78, 5) is 0.196. The van der Waals surface area contributed by atoms with Crippen LogP contribution in [0.25, 0.3) is 0 Å². The Morgan fingerprint density at radius 1 is 0.684 bits per heavy atom. The molecular formula is C13H14O5S. The molecule has 0 fully saturated rings. The minimum atomic E-state index is -3.59. The third-order valence-electron chi connectivity index (χ3n) is 2.29. The smallest absolute Gasteiger partial charge is 0.206 e. The van der Waals surface area contributed by atoms with Gasteiger partial charge < -0.3 is 15.3 Å². The zero-order valence-corrected chi connectivity index (χ0v) is 11.0. The van der Waals surface area contributed by atoms with Gasteiger partial charge in [-0.05, 0) is 48.5 Å². The highest BCUT2D eigenvalue weighted by Gasteiger charge is 2.17. The topological polar surface area (TPSA) is 94.8 Å². The molecule has 0 amide bonds. The van der Waals surface area contributed by atoms with Gasteiger partial charge in [-0.15, -0.1) is 0 Å². The van der Waals surface area contributed by atoms with E-state index in [-0.39, 0.29) is 21.3 Å². The van der Waals surface area contributed by atoms with Crippen molar-refractivity contribution in [2.75, 3.05) is 7.11 Å². The molecule has 0 radical (unpaired) electrons. The average molecular weight is 282 g/mol. The van der Waals surface area contributed by atoms with Crippen LogP contribution in [0, 0.1) is 0 Å². The quantitative estimate of drug-likeness (QED) is 0.776. The van der Waals surface area contributed by atoms with Crippen LogP contribution in [0.1, 0.15) is 0 Å². The first kappa shape index (κ1) is 15.0. The third-order valence-corrected chi connectivity index (χ3v) is 4.08. The number of aliphatic hydroxyl groups is 1. The number of aromatic hydroxyl groups is 2. The summed E-state index contributed by atoms with van der Waals surface area (Å²) in [6.07, 6.45) is 0. The lowest BCUT2D eigenvalue weighted by molar-refractivity contribution is 0.399. The molecule has 0 aliphatic rings. The molecule has 0 saturated carbocycles. The number of rotatable bonds is 2. The standard InChI is InChI=1S/C12H10O4S.CH4O/c13-9-1-5-11(6-2-9)17(15,16)12-7-3-10(14)4-8-12;1-2/h1-8,13-14H;2H,1H3. The van der Waals surface area contributed by atoms with Gasteiger partial charge in [0.25, 0.3) is 0 Å². The Balaban J connectivity index is 0.000000861. The summed E-state index contributed by atoms with van der Waals surface area (Å²) in [7, 11) is -2.59. The fourth-order valence-corrected chi connectivity index (χ4v) is 2.65. The molecule has 6 heteroatoms. The highest BCUT2D eigenvalue weighted by atomic mass is 32.2. The van der Waals surface area contributed by atoms with Crippen molar-refractivity contribution >= 4 is 9.84 Å². The van der Waals surface area contributed by atoms with Gasteiger partial charge in [0.15, 0.2) is 0 Å². The summed E-state index contributed by atoms with van der Waals surface area (Å²) in [5, 5.41) is 25.2. The summed E-state index contributed by atoms with van der Waals surface area (Å²) in [5.41, 5.74) is 0. The Hall–Kier alpha value is -2.05. The molecule has 3 N–H and O–H groups in total. The predicted octanol–water partition coefficient (Wildman–Crippen LogP) is 1.54. The number of phenolic OH excluding ortho intramolecular Hbond substituents is 2. The van der Waals surface area contributed by atoms with Crippen LogP contribution in [-0.4, -0.2) is 30.8 Å². The molecule has 2 aromatic rings. The highest BCUT2D eigenvalue weighted by molar-refractivity contribution is 7.91. The first-order valence-electron chi connectivity index (χ1n) is 5.28. The molecule has 0 saturated heterocycles. The van der Waals surface area contributed by atoms with Gasteiger partial charge in [-0.2, -0.15) is 0 Å². The molecule has 5 nitrogen and oxygen atoms in total. The molecule has 0 spiro atoms. The lowest BCUT2D eigenvalue weighted by Gasteiger charge is -2.04. The fraction of sp³-hybridized carbons (Fsp3) is 0.0769. The second-order valence-corrected chi connectivity index (χ2v) is 5.44. The first-order valence-corrected chi connectivity index (χ1v) is 6.76. The highest BCUT2D eigenvalue weighted by Crippen LogP contribution is 2.23. The van der Waals surface area contributed by atoms with Crippen LogP contribution in [-0.2, 0) is 9.84 Å². The van der Waals surface area contributed by atoms with Crippen LogP contribution in [0.15, 0.2) is 58.3 Å². The van der Waals surface area contributed by atoms with Crippen molar-refractivity contribution in [2.24, 2.45) is 0 Å². The number of benzene rings is 2. The van der Waals surface area contributed by atoms with Gasteiger partial charge in [0.05, 0.1) is 9.79 Å². The fourth-order valence-electron chi connectivity index (χ4n) is 1.39. The maximum atomic E-state index is 12.1. The summed E-state index contributed by atoms with van der Waals surface area (Å²) in [5.74, 6) is 0.0179. The van der Waals surface area contributed by atoms with Crippen LogP contribution < -0.4 is 0 Å². The third kappa shape index (κ3) is 3.46. The van der Waals surface area contributed by atoms with Crippen molar-refractivity contribution in [3.05, 3.63) is 48.5 Å². The lowest BCUT2D eigenvalue weighted by Crippen LogP contribution is -2.01. The Morgan fingerprint density at radius 2 is 0.947 bits per heavy atom. The largest absolute Gasteiger partial charge is 0.508 e. The van der Waals surface area contributed by atoms with Crippen molar-refractivity contribution in [1.82, 2.24) is 0 Å². The Morgan fingerprint density at radius 3 is 1.21 bits per heavy atom. The monoisotopic (exact) mass is 282 g/mol. The van der Waals surface area contributed by atoms with Crippen molar-refractivity contribution < 1.29 is 23.7 Å². The van der Waals surface area contributed by atoms with Crippen molar-refractivity contribution in [3.8, 4) is 11.5 Å². The van der Waals surface area contributed by atoms with E-state index in [2.05, 4.69) is 0 Å². The van der Waals surface area contributed by atoms with Crippen LogP contribution in [0.5, 0.6) is 11.5 Å². The van der Waals surface area contributed by atoms with Gasteiger partial charge in [0.1, 0.15) is 11.5 Å². The van der Waals surface area contributed by atoms with Gasteiger partial charge >= 0.3 is 0 Å². The molecule has 0 aromatic heterocycles. The van der Waals surface area contributed by atoms with Gasteiger partial charge in [-0.25, -0.2) is 8.42 Å². The molecule has 0 bridgehead atoms. The molecular weight excluding hydrogens is 268 g/mol. The maximum absolute atomic E-state index is 12.1. The van der Waals surface area contributed by atoms with Gasteiger partial charge in [0, 0.05) is 7.11 Å². The van der Waals surface area contributed by atoms with Crippen molar-refractivity contribution in [3.63, 3.8) is 0 Å². The summed E-state index contributed by atoms with van der Waals surface area (Å²) in [6.45, 7) is 0. The second kappa shape index (κ2) is 6.21. The molecule has 0 heterocycles. The molecule has 19 heavy (non-hydrogen) atoms. The predicted molar refractivity (Wildman–Crippen MR) is 69.8 cm³/mol. The first-order chi connectivity index (χ1) is 9.00. The minimum Gasteiger partial charge on any atom is -0.508 e. The zero-order valence-electron chi connectivity index (χ0n) is 10.2. The zero-order chi connectivity index (χ0) is 14.5. The van der Waals surface area contributed by atoms with E-state index in [9.17, 15) is 8.42 Å². The van der Waals surface area contributed by atoms with Crippen molar-refractivity contribution in [2.45, 2.75) is 9.79 Å². The van der Waals surface area contributed by atoms with Crippen LogP contribution in [0.3, 0.4) is 0 Å². The number of sulfone groups is 1. The lowest BCUT2D eigenvalue weighted by atomic mass is 10.3. The Labute approximate surface area is 111 Å². The van der Waals surface area contributed by atoms with E-state index in [0.29, 0.717) is 0 Å². The number of hydrogen-bond acceptors (Lipinski definition) is 5. The van der Waals surface area contributed by atoms with Crippen LogP contribution in [0.4, 0.5) is 0 Å². The maximum Gasteiger partial charge on any atom is 0.206 e. The molecule has 0 aliphatic carbocycles. The molecule has 0 aliphatic heterocycles. The number of hydrogen-bond donors (Lipinski definition) is 3. The van der Waals surface area contributed by atoms with E-state index in [4.69, 9.17) is 15.3 Å². The molecule has 2 aromatic carbocycles. The molecule has 102 valence electrons. The van der Waals surface area contributed by atoms with E-state index < -0.39 is 9.84 Å². The van der Waals surface area contributed by atoms with Gasteiger partial charge in [0.2, 0.25) is 9.84 Å². The van der Waals surface area contributed by atoms with E-state index in [0.717, 1.165) is 7.11 Å². The SMILES string of the molecule is CO.O=S(=O)(c1ccc(O)cc1)c1ccc(O)cc1. The number of aliphatic hydroxyl groups excluding tert-OH is 1. The van der Waals surface area contributed by atoms with Crippen LogP contribution in [0.2, 0.25) is 0 Å². The van der Waals surface area contributed by atoms with E-state index >= 15 is 0 Å². The molecule has 0 atom stereocenters. The van der Waals surface area contributed by atoms with Crippen molar-refractivity contribution in [1.29, 1.82) is 0 Å². The van der Waals surface area contributed by atoms with E-state index in [1.165, 1.54) is 48.5 Å². The average Bonchev–Trinajstić information content (AvgIpc) is 2.42. The Kier molecular flexibility index (Phi) is 4.91. The summed E-state index contributed by atoms with van der Waals surface area (Å²) >= 11 is 0. The van der Waals surface area contributed by atoms with E-state index in [1.807, 2.05) is 0 Å². The van der Waals surface area contributed by atoms with Crippen LogP contribution >= 0.6 is 0 Å². The summed E-state index contributed by atoms with van der Waals surface area (Å²) < 4.78 is 24.2. The summed E-state index contributed by atoms with van der Waals surface area (Å²) in [6, 6.07) is 10.6. The molecule has 2 rings (SSSR count). The molecule has 0 unspecified atom stereocenters. The minimum absolute atomic E-state index is 0.00894. The van der Waals surface area contributed by atoms with Gasteiger partial charge in [-0.1, -0.05) is 0 Å². The van der Waals surface area contributed by atoms with E-state index in [1.54, 1.807) is 0 Å². The van der Waals surface area contributed by atoms with Gasteiger partial charge in [-0.3, -0.25) is 0 Å². The Bertz CT molecular complexity index is 564. The normalized spacial score (nSPS) is 10.4.